The minimum absolute atomic E-state index is 0.166. The molecule has 27 heavy (non-hydrogen) atoms. The van der Waals surface area contributed by atoms with Crippen LogP contribution in [0.5, 0.6) is 0 Å². The third-order valence-electron chi connectivity index (χ3n) is 6.22. The molecule has 4 rings (SSSR count). The van der Waals surface area contributed by atoms with Gasteiger partial charge in [-0.3, -0.25) is 28.8 Å². The lowest BCUT2D eigenvalue weighted by molar-refractivity contribution is -0.139. The Kier molecular flexibility index (Phi) is 5.23. The van der Waals surface area contributed by atoms with Gasteiger partial charge in [-0.15, -0.1) is 0 Å². The molecule has 144 valence electrons. The summed E-state index contributed by atoms with van der Waals surface area (Å²) in [7, 11) is 0. The maximum atomic E-state index is 12.9. The van der Waals surface area contributed by atoms with Gasteiger partial charge in [0.25, 0.3) is 5.91 Å². The lowest BCUT2D eigenvalue weighted by atomic mass is 9.81. The highest BCUT2D eigenvalue weighted by Crippen LogP contribution is 2.37. The van der Waals surface area contributed by atoms with Crippen LogP contribution in [0.2, 0.25) is 0 Å². The van der Waals surface area contributed by atoms with Gasteiger partial charge in [-0.05, 0) is 37.8 Å². The van der Waals surface area contributed by atoms with Crippen LogP contribution in [0.25, 0.3) is 0 Å². The Morgan fingerprint density at radius 3 is 2.22 bits per heavy atom. The van der Waals surface area contributed by atoms with Gasteiger partial charge in [0.15, 0.2) is 0 Å². The summed E-state index contributed by atoms with van der Waals surface area (Å²) in [4.78, 5) is 44.2. The van der Waals surface area contributed by atoms with Crippen molar-refractivity contribution in [2.24, 2.45) is 16.8 Å². The third-order valence-corrected chi connectivity index (χ3v) is 6.22. The van der Waals surface area contributed by atoms with E-state index in [-0.39, 0.29) is 42.1 Å². The number of carbonyl (C=O) groups excluding carboxylic acids is 3. The molecule has 3 aliphatic rings. The van der Waals surface area contributed by atoms with Gasteiger partial charge in [-0.2, -0.15) is 0 Å². The van der Waals surface area contributed by atoms with Crippen LogP contribution in [0.15, 0.2) is 29.4 Å². The van der Waals surface area contributed by atoms with E-state index in [1.807, 2.05) is 12.1 Å². The van der Waals surface area contributed by atoms with E-state index in [1.165, 1.54) is 28.7 Å². The highest BCUT2D eigenvalue weighted by Gasteiger charge is 2.48. The molecule has 6 nitrogen and oxygen atoms in total. The zero-order valence-corrected chi connectivity index (χ0v) is 15.7. The molecule has 1 saturated heterocycles. The molecule has 1 aromatic heterocycles. The third kappa shape index (κ3) is 3.62. The molecule has 0 bridgehead atoms. The van der Waals surface area contributed by atoms with E-state index in [0.717, 1.165) is 38.5 Å². The summed E-state index contributed by atoms with van der Waals surface area (Å²) in [5.41, 5.74) is 0.617. The summed E-state index contributed by atoms with van der Waals surface area (Å²) < 4.78 is 1.50. The van der Waals surface area contributed by atoms with Crippen molar-refractivity contribution in [3.05, 3.63) is 29.9 Å². The SMILES string of the molecule is O=C1C2CCCCC2C(=O)N1CC(=O)n1ccccc1=NC1CCCCC1. The molecule has 2 saturated carbocycles. The van der Waals surface area contributed by atoms with Crippen molar-refractivity contribution in [2.75, 3.05) is 6.54 Å². The minimum atomic E-state index is -0.273. The van der Waals surface area contributed by atoms with Gasteiger partial charge in [0.2, 0.25) is 11.8 Å². The van der Waals surface area contributed by atoms with E-state index in [2.05, 4.69) is 0 Å². The number of pyridine rings is 1. The fourth-order valence-corrected chi connectivity index (χ4v) is 4.75. The predicted molar refractivity (Wildman–Crippen MR) is 99.7 cm³/mol. The van der Waals surface area contributed by atoms with Crippen molar-refractivity contribution in [1.82, 2.24) is 9.47 Å². The maximum Gasteiger partial charge on any atom is 0.252 e. The lowest BCUT2D eigenvalue weighted by Crippen LogP contribution is -2.41. The topological polar surface area (TPSA) is 71.7 Å². The van der Waals surface area contributed by atoms with Crippen molar-refractivity contribution in [3.8, 4) is 0 Å². The summed E-state index contributed by atoms with van der Waals surface area (Å²) in [6.45, 7) is -0.188. The normalized spacial score (nSPS) is 27.1. The number of hydrogen-bond acceptors (Lipinski definition) is 4. The summed E-state index contributed by atoms with van der Waals surface area (Å²) in [5.74, 6) is -1.04. The van der Waals surface area contributed by atoms with Crippen LogP contribution in [0, 0.1) is 11.8 Å². The molecule has 3 fully saturated rings. The first-order valence-corrected chi connectivity index (χ1v) is 10.2. The van der Waals surface area contributed by atoms with E-state index >= 15 is 0 Å². The first-order chi connectivity index (χ1) is 13.1. The van der Waals surface area contributed by atoms with Gasteiger partial charge in [-0.1, -0.05) is 38.2 Å². The van der Waals surface area contributed by atoms with Crippen LogP contribution in [0.3, 0.4) is 0 Å². The monoisotopic (exact) mass is 369 g/mol. The number of carbonyl (C=O) groups is 3. The molecule has 0 aromatic carbocycles. The van der Waals surface area contributed by atoms with Crippen molar-refractivity contribution >= 4 is 17.7 Å². The number of nitrogens with zero attached hydrogens (tertiary/aromatic N) is 3. The van der Waals surface area contributed by atoms with Crippen molar-refractivity contribution in [2.45, 2.75) is 63.8 Å². The Hall–Kier alpha value is -2.24. The molecule has 2 aliphatic carbocycles. The quantitative estimate of drug-likeness (QED) is 0.769. The standard InChI is InChI=1S/C21H27N3O3/c25-19(14-24-20(26)16-10-4-5-11-17(16)21(24)27)23-13-7-6-12-18(23)22-15-8-2-1-3-9-15/h6-7,12-13,15-17H,1-5,8-11,14H2. The molecule has 0 N–H and O–H groups in total. The van der Waals surface area contributed by atoms with Crippen LogP contribution in [0.1, 0.15) is 62.6 Å². The van der Waals surface area contributed by atoms with E-state index in [4.69, 9.17) is 4.99 Å². The highest BCUT2D eigenvalue weighted by atomic mass is 16.2. The van der Waals surface area contributed by atoms with Crippen LogP contribution >= 0.6 is 0 Å². The average molecular weight is 369 g/mol. The molecule has 2 unspecified atom stereocenters. The average Bonchev–Trinajstić information content (AvgIpc) is 2.94. The summed E-state index contributed by atoms with van der Waals surface area (Å²) in [6, 6.07) is 5.73. The van der Waals surface area contributed by atoms with Gasteiger partial charge >= 0.3 is 0 Å². The molecule has 2 amide bonds. The molecule has 0 radical (unpaired) electrons. The van der Waals surface area contributed by atoms with E-state index in [1.54, 1.807) is 12.3 Å². The molecular weight excluding hydrogens is 342 g/mol. The van der Waals surface area contributed by atoms with E-state index in [0.29, 0.717) is 5.49 Å². The molecule has 0 spiro atoms. The zero-order chi connectivity index (χ0) is 18.8. The van der Waals surface area contributed by atoms with Crippen molar-refractivity contribution in [3.63, 3.8) is 0 Å². The van der Waals surface area contributed by atoms with Crippen LogP contribution < -0.4 is 5.49 Å². The van der Waals surface area contributed by atoms with Crippen LogP contribution in [0.4, 0.5) is 0 Å². The number of rotatable bonds is 3. The lowest BCUT2D eigenvalue weighted by Gasteiger charge is -2.19. The first-order valence-electron chi connectivity index (χ1n) is 10.2. The molecule has 1 aliphatic heterocycles. The van der Waals surface area contributed by atoms with Gasteiger partial charge in [0, 0.05) is 6.20 Å². The summed E-state index contributed by atoms with van der Waals surface area (Å²) >= 11 is 0. The Bertz CT molecular complexity index is 783. The number of aromatic nitrogens is 1. The first kappa shape index (κ1) is 18.1. The van der Waals surface area contributed by atoms with Gasteiger partial charge in [0.1, 0.15) is 12.0 Å². The Morgan fingerprint density at radius 2 is 1.56 bits per heavy atom. The summed E-state index contributed by atoms with van der Waals surface area (Å²) in [5, 5.41) is 0. The van der Waals surface area contributed by atoms with Crippen LogP contribution in [-0.2, 0) is 9.59 Å². The second-order valence-electron chi connectivity index (χ2n) is 8.00. The molecule has 6 heteroatoms. The smallest absolute Gasteiger partial charge is 0.252 e. The van der Waals surface area contributed by atoms with Gasteiger partial charge < -0.3 is 0 Å². The summed E-state index contributed by atoms with van der Waals surface area (Å²) in [6.07, 6.45) is 10.9. The van der Waals surface area contributed by atoms with Gasteiger partial charge in [-0.25, -0.2) is 0 Å². The van der Waals surface area contributed by atoms with E-state index in [9.17, 15) is 14.4 Å². The van der Waals surface area contributed by atoms with Crippen molar-refractivity contribution < 1.29 is 14.4 Å². The number of likely N-dealkylation sites (tertiary alicyclic amines) is 1. The minimum Gasteiger partial charge on any atom is -0.274 e. The Balaban J connectivity index is 1.54. The molecule has 2 atom stereocenters. The largest absolute Gasteiger partial charge is 0.274 e. The second-order valence-corrected chi connectivity index (χ2v) is 8.00. The van der Waals surface area contributed by atoms with Crippen LogP contribution in [-0.4, -0.2) is 39.8 Å². The fraction of sp³-hybridized carbons (Fsp3) is 0.619. The zero-order valence-electron chi connectivity index (χ0n) is 15.7. The van der Waals surface area contributed by atoms with Gasteiger partial charge in [0.05, 0.1) is 17.9 Å². The molecule has 2 heterocycles. The number of fused-ring (bicyclic) bond motifs is 1. The number of imide groups is 1. The molecule has 1 aromatic rings. The van der Waals surface area contributed by atoms with E-state index < -0.39 is 0 Å². The maximum absolute atomic E-state index is 12.9. The fourth-order valence-electron chi connectivity index (χ4n) is 4.75. The second kappa shape index (κ2) is 7.79. The number of amides is 2. The van der Waals surface area contributed by atoms with Crippen molar-refractivity contribution in [1.29, 1.82) is 0 Å². The highest BCUT2D eigenvalue weighted by molar-refractivity contribution is 6.07. The Morgan fingerprint density at radius 1 is 0.926 bits per heavy atom. The number of hydrogen-bond donors (Lipinski definition) is 0. The predicted octanol–water partition coefficient (Wildman–Crippen LogP) is 2.54. The molecular formula is C21H27N3O3. The Labute approximate surface area is 159 Å².